The van der Waals surface area contributed by atoms with E-state index in [1.165, 1.54) is 0 Å². The van der Waals surface area contributed by atoms with Gasteiger partial charge in [0.05, 0.1) is 23.5 Å². The smallest absolute Gasteiger partial charge is 0.183 e. The Morgan fingerprint density at radius 2 is 2.13 bits per heavy atom. The minimum absolute atomic E-state index is 0.690. The van der Waals surface area contributed by atoms with Crippen molar-refractivity contribution in [3.63, 3.8) is 0 Å². The Morgan fingerprint density at radius 1 is 1.27 bits per heavy atom. The van der Waals surface area contributed by atoms with Gasteiger partial charge in [0, 0.05) is 12.1 Å². The van der Waals surface area contributed by atoms with Gasteiger partial charge < -0.3 is 14.2 Å². The van der Waals surface area contributed by atoms with Gasteiger partial charge in [0.2, 0.25) is 0 Å². The highest BCUT2D eigenvalue weighted by Crippen LogP contribution is 2.26. The summed E-state index contributed by atoms with van der Waals surface area (Å²) in [4.78, 5) is 0. The summed E-state index contributed by atoms with van der Waals surface area (Å²) >= 11 is 6.65. The first kappa shape index (κ1) is 11.0. The van der Waals surface area contributed by atoms with Gasteiger partial charge in [0.1, 0.15) is 5.76 Å². The highest BCUT2D eigenvalue weighted by molar-refractivity contribution is 9.13. The van der Waals surface area contributed by atoms with Gasteiger partial charge in [-0.15, -0.1) is 0 Å². The molecule has 0 atom stereocenters. The summed E-state index contributed by atoms with van der Waals surface area (Å²) in [5.74, 6) is 0.886. The lowest BCUT2D eigenvalue weighted by Crippen LogP contribution is -2.11. The summed E-state index contributed by atoms with van der Waals surface area (Å²) < 4.78 is 12.0. The molecule has 2 aromatic heterocycles. The number of rotatable bonds is 4. The minimum atomic E-state index is 0.690. The van der Waals surface area contributed by atoms with Crippen molar-refractivity contribution >= 4 is 31.9 Å². The molecular formula is C10H9Br2NO2. The van der Waals surface area contributed by atoms with Crippen LogP contribution < -0.4 is 5.32 Å². The summed E-state index contributed by atoms with van der Waals surface area (Å²) in [7, 11) is 0. The summed E-state index contributed by atoms with van der Waals surface area (Å²) in [5, 5.41) is 3.25. The van der Waals surface area contributed by atoms with Gasteiger partial charge in [-0.2, -0.15) is 0 Å². The van der Waals surface area contributed by atoms with Crippen LogP contribution >= 0.6 is 31.9 Å². The topological polar surface area (TPSA) is 38.3 Å². The molecule has 1 N–H and O–H groups in total. The van der Waals surface area contributed by atoms with Crippen LogP contribution in [0.3, 0.4) is 0 Å². The Labute approximate surface area is 104 Å². The van der Waals surface area contributed by atoms with Crippen LogP contribution in [-0.4, -0.2) is 0 Å². The van der Waals surface area contributed by atoms with E-state index in [-0.39, 0.29) is 0 Å². The highest BCUT2D eigenvalue weighted by Gasteiger charge is 2.05. The largest absolute Gasteiger partial charge is 0.472 e. The van der Waals surface area contributed by atoms with E-state index in [4.69, 9.17) is 8.83 Å². The quantitative estimate of drug-likeness (QED) is 0.926. The molecule has 0 aliphatic heterocycles. The molecule has 0 radical (unpaired) electrons. The first-order valence-electron chi connectivity index (χ1n) is 4.41. The monoisotopic (exact) mass is 333 g/mol. The van der Waals surface area contributed by atoms with E-state index in [0.29, 0.717) is 6.54 Å². The maximum absolute atomic E-state index is 5.42. The third kappa shape index (κ3) is 2.96. The van der Waals surface area contributed by atoms with E-state index in [9.17, 15) is 0 Å². The van der Waals surface area contributed by atoms with E-state index in [1.807, 2.05) is 12.1 Å². The normalized spacial score (nSPS) is 10.8. The maximum Gasteiger partial charge on any atom is 0.183 e. The van der Waals surface area contributed by atoms with E-state index in [1.54, 1.807) is 12.5 Å². The lowest BCUT2D eigenvalue weighted by Gasteiger charge is -1.98. The number of hydrogen-bond acceptors (Lipinski definition) is 3. The molecule has 0 fully saturated rings. The molecule has 2 heterocycles. The van der Waals surface area contributed by atoms with Gasteiger partial charge in [-0.3, -0.25) is 0 Å². The van der Waals surface area contributed by atoms with Gasteiger partial charge in [0.15, 0.2) is 4.67 Å². The first-order valence-corrected chi connectivity index (χ1v) is 6.00. The molecule has 5 heteroatoms. The molecule has 2 rings (SSSR count). The molecule has 80 valence electrons. The Hall–Kier alpha value is -0.520. The van der Waals surface area contributed by atoms with Crippen LogP contribution in [-0.2, 0) is 13.1 Å². The molecule has 0 saturated heterocycles. The Kier molecular flexibility index (Phi) is 3.66. The van der Waals surface area contributed by atoms with Crippen molar-refractivity contribution in [2.24, 2.45) is 0 Å². The van der Waals surface area contributed by atoms with Crippen LogP contribution in [0.1, 0.15) is 11.3 Å². The van der Waals surface area contributed by atoms with Crippen molar-refractivity contribution in [2.45, 2.75) is 13.1 Å². The third-order valence-electron chi connectivity index (χ3n) is 1.90. The predicted octanol–water partition coefficient (Wildman–Crippen LogP) is 3.69. The molecule has 2 aromatic rings. The number of halogens is 2. The average Bonchev–Trinajstić information content (AvgIpc) is 2.79. The molecule has 0 aliphatic rings. The standard InChI is InChI=1S/C10H9Br2NO2/c11-9-3-8(15-10(9)12)5-13-4-7-1-2-14-6-7/h1-3,6,13H,4-5H2. The summed E-state index contributed by atoms with van der Waals surface area (Å²) in [6.45, 7) is 1.46. The second kappa shape index (κ2) is 5.01. The van der Waals surface area contributed by atoms with Gasteiger partial charge in [-0.05, 0) is 44.0 Å². The molecule has 0 aromatic carbocycles. The molecule has 3 nitrogen and oxygen atoms in total. The summed E-state index contributed by atoms with van der Waals surface area (Å²) in [6.07, 6.45) is 3.39. The van der Waals surface area contributed by atoms with Gasteiger partial charge in [0.25, 0.3) is 0 Å². The zero-order chi connectivity index (χ0) is 10.7. The van der Waals surface area contributed by atoms with Crippen LogP contribution in [0.4, 0.5) is 0 Å². The summed E-state index contributed by atoms with van der Waals surface area (Å²) in [5.41, 5.74) is 1.12. The second-order valence-corrected chi connectivity index (χ2v) is 4.64. The molecular weight excluding hydrogens is 326 g/mol. The van der Waals surface area contributed by atoms with E-state index in [0.717, 1.165) is 27.0 Å². The van der Waals surface area contributed by atoms with Crippen molar-refractivity contribution in [3.8, 4) is 0 Å². The van der Waals surface area contributed by atoms with Crippen LogP contribution in [0.2, 0.25) is 0 Å². The fourth-order valence-electron chi connectivity index (χ4n) is 1.20. The fourth-order valence-corrected chi connectivity index (χ4v) is 1.86. The zero-order valence-electron chi connectivity index (χ0n) is 7.80. The SMILES string of the molecule is Brc1cc(CNCc2ccoc2)oc1Br. The minimum Gasteiger partial charge on any atom is -0.472 e. The van der Waals surface area contributed by atoms with Crippen LogP contribution in [0, 0.1) is 0 Å². The third-order valence-corrected chi connectivity index (χ3v) is 3.61. The van der Waals surface area contributed by atoms with Gasteiger partial charge in [-0.1, -0.05) is 0 Å². The van der Waals surface area contributed by atoms with Crippen molar-refractivity contribution in [1.29, 1.82) is 0 Å². The Bertz CT molecular complexity index is 403. The number of hydrogen-bond donors (Lipinski definition) is 1. The lowest BCUT2D eigenvalue weighted by molar-refractivity contribution is 0.463. The molecule has 15 heavy (non-hydrogen) atoms. The first-order chi connectivity index (χ1) is 7.25. The van der Waals surface area contributed by atoms with Crippen molar-refractivity contribution < 1.29 is 8.83 Å². The van der Waals surface area contributed by atoms with Crippen LogP contribution in [0.15, 0.2) is 42.6 Å². The predicted molar refractivity (Wildman–Crippen MR) is 63.4 cm³/mol. The molecule has 0 spiro atoms. The molecule has 0 bridgehead atoms. The molecule has 0 unspecified atom stereocenters. The Morgan fingerprint density at radius 3 is 2.73 bits per heavy atom. The van der Waals surface area contributed by atoms with Crippen molar-refractivity contribution in [1.82, 2.24) is 5.32 Å². The van der Waals surface area contributed by atoms with Crippen molar-refractivity contribution in [2.75, 3.05) is 0 Å². The average molecular weight is 335 g/mol. The van der Waals surface area contributed by atoms with Crippen molar-refractivity contribution in [3.05, 3.63) is 45.1 Å². The zero-order valence-corrected chi connectivity index (χ0v) is 11.0. The molecule has 0 aliphatic carbocycles. The van der Waals surface area contributed by atoms with Gasteiger partial charge in [-0.25, -0.2) is 0 Å². The van der Waals surface area contributed by atoms with Crippen LogP contribution in [0.5, 0.6) is 0 Å². The summed E-state index contributed by atoms with van der Waals surface area (Å²) in [6, 6.07) is 3.87. The van der Waals surface area contributed by atoms with Crippen LogP contribution in [0.25, 0.3) is 0 Å². The maximum atomic E-state index is 5.42. The second-order valence-electron chi connectivity index (χ2n) is 3.07. The van der Waals surface area contributed by atoms with E-state index in [2.05, 4.69) is 37.2 Å². The number of furan rings is 2. The molecule has 0 saturated carbocycles. The van der Waals surface area contributed by atoms with E-state index >= 15 is 0 Å². The van der Waals surface area contributed by atoms with E-state index < -0.39 is 0 Å². The van der Waals surface area contributed by atoms with Gasteiger partial charge >= 0.3 is 0 Å². The number of nitrogens with one attached hydrogen (secondary N) is 1. The molecule has 0 amide bonds. The highest BCUT2D eigenvalue weighted by atomic mass is 79.9. The lowest BCUT2D eigenvalue weighted by atomic mass is 10.3. The Balaban J connectivity index is 1.83. The fraction of sp³-hybridized carbons (Fsp3) is 0.200.